The second-order valence-electron chi connectivity index (χ2n) is 8.84. The Bertz CT molecular complexity index is 1320. The van der Waals surface area contributed by atoms with Crippen molar-refractivity contribution in [3.8, 4) is 0 Å². The second kappa shape index (κ2) is 8.48. The molecule has 3 heteroatoms. The van der Waals surface area contributed by atoms with Crippen LogP contribution in [0.4, 0.5) is 5.69 Å². The largest absolute Gasteiger partial charge is 0.338 e. The highest BCUT2D eigenvalue weighted by atomic mass is 32.2. The first-order chi connectivity index (χ1) is 15.5. The third-order valence-electron chi connectivity index (χ3n) is 6.39. The van der Waals surface area contributed by atoms with Gasteiger partial charge in [0.25, 0.3) is 0 Å². The van der Waals surface area contributed by atoms with Crippen LogP contribution < -0.4 is 9.47 Å². The van der Waals surface area contributed by atoms with Crippen LogP contribution in [0.1, 0.15) is 36.5 Å². The molecule has 1 aromatic heterocycles. The van der Waals surface area contributed by atoms with Gasteiger partial charge in [-0.25, -0.2) is 4.57 Å². The van der Waals surface area contributed by atoms with Crippen molar-refractivity contribution in [2.45, 2.75) is 31.1 Å². The van der Waals surface area contributed by atoms with Gasteiger partial charge in [-0.1, -0.05) is 74.1 Å². The summed E-state index contributed by atoms with van der Waals surface area (Å²) in [6.45, 7) is 4.50. The molecule has 0 saturated heterocycles. The average molecular weight is 438 g/mol. The fraction of sp³-hybridized carbons (Fsp3) is 0.207. The van der Waals surface area contributed by atoms with Gasteiger partial charge >= 0.3 is 0 Å². The zero-order valence-electron chi connectivity index (χ0n) is 19.2. The van der Waals surface area contributed by atoms with Crippen molar-refractivity contribution >= 4 is 33.9 Å². The minimum atomic E-state index is 0.547. The lowest BCUT2D eigenvalue weighted by Gasteiger charge is -2.20. The molecule has 2 heterocycles. The number of fused-ring (bicyclic) bond motifs is 2. The van der Waals surface area contributed by atoms with Crippen molar-refractivity contribution in [1.82, 2.24) is 0 Å². The van der Waals surface area contributed by atoms with E-state index < -0.39 is 0 Å². The number of benzene rings is 3. The monoisotopic (exact) mass is 437 g/mol. The molecule has 4 aromatic rings. The minimum Gasteiger partial charge on any atom is -0.338 e. The van der Waals surface area contributed by atoms with E-state index in [0.29, 0.717) is 5.92 Å². The van der Waals surface area contributed by atoms with Gasteiger partial charge in [0.05, 0.1) is 16.1 Å². The van der Waals surface area contributed by atoms with Crippen molar-refractivity contribution in [1.29, 1.82) is 0 Å². The number of hydrogen-bond donors (Lipinski definition) is 0. The number of rotatable bonds is 4. The molecule has 5 rings (SSSR count). The normalized spacial score (nSPS) is 14.8. The first kappa shape index (κ1) is 20.8. The summed E-state index contributed by atoms with van der Waals surface area (Å²) < 4.78 is 2.21. The van der Waals surface area contributed by atoms with E-state index in [1.165, 1.54) is 48.8 Å². The molecule has 0 aliphatic carbocycles. The summed E-state index contributed by atoms with van der Waals surface area (Å²) in [4.78, 5) is 3.68. The maximum atomic E-state index is 2.36. The number of allylic oxidation sites excluding steroid dienone is 1. The van der Waals surface area contributed by atoms with Gasteiger partial charge in [-0.15, -0.1) is 0 Å². The van der Waals surface area contributed by atoms with Crippen LogP contribution in [0, 0.1) is 0 Å². The Morgan fingerprint density at radius 3 is 2.38 bits per heavy atom. The second-order valence-corrected chi connectivity index (χ2v) is 9.87. The lowest BCUT2D eigenvalue weighted by atomic mass is 9.94. The SMILES string of the molecule is CC(C)c1ccc(C/C(=C2/Sc3ccccc3N2C)c2cc[n+](C)c3ccccc23)cc1. The summed E-state index contributed by atoms with van der Waals surface area (Å²) >= 11 is 1.89. The third kappa shape index (κ3) is 3.71. The molecule has 0 unspecified atom stereocenters. The minimum absolute atomic E-state index is 0.547. The van der Waals surface area contributed by atoms with Gasteiger partial charge in [-0.3, -0.25) is 0 Å². The van der Waals surface area contributed by atoms with E-state index >= 15 is 0 Å². The molecule has 160 valence electrons. The predicted molar refractivity (Wildman–Crippen MR) is 137 cm³/mol. The number of pyridine rings is 1. The Hall–Kier alpha value is -3.04. The summed E-state index contributed by atoms with van der Waals surface area (Å²) in [5.74, 6) is 0.547. The average Bonchev–Trinajstić information content (AvgIpc) is 3.15. The highest BCUT2D eigenvalue weighted by Crippen LogP contribution is 2.48. The van der Waals surface area contributed by atoms with Crippen LogP contribution in [-0.2, 0) is 13.5 Å². The summed E-state index contributed by atoms with van der Waals surface area (Å²) in [5.41, 5.74) is 7.96. The van der Waals surface area contributed by atoms with Crippen LogP contribution in [0.25, 0.3) is 16.5 Å². The molecule has 0 saturated carbocycles. The van der Waals surface area contributed by atoms with Gasteiger partial charge in [-0.2, -0.15) is 0 Å². The number of hydrogen-bond acceptors (Lipinski definition) is 2. The number of aromatic nitrogens is 1. The number of para-hydroxylation sites is 2. The molecule has 3 aromatic carbocycles. The fourth-order valence-electron chi connectivity index (χ4n) is 4.51. The topological polar surface area (TPSA) is 7.12 Å². The molecular formula is C29H29N2S+. The molecule has 0 spiro atoms. The van der Waals surface area contributed by atoms with Gasteiger partial charge in [-0.05, 0) is 40.8 Å². The quantitative estimate of drug-likeness (QED) is 0.319. The maximum Gasteiger partial charge on any atom is 0.212 e. The molecular weight excluding hydrogens is 408 g/mol. The van der Waals surface area contributed by atoms with E-state index in [-0.39, 0.29) is 0 Å². The van der Waals surface area contributed by atoms with E-state index in [2.05, 4.69) is 122 Å². The zero-order valence-corrected chi connectivity index (χ0v) is 20.0. The molecule has 0 radical (unpaired) electrons. The van der Waals surface area contributed by atoms with E-state index in [1.54, 1.807) is 0 Å². The number of aryl methyl sites for hydroxylation is 1. The Balaban J connectivity index is 1.68. The standard InChI is InChI=1S/C29H29N2S/c1-20(2)22-15-13-21(14-16-22)19-25(29-31(4)27-11-7-8-12-28(27)32-29)23-17-18-30(3)26-10-6-5-9-24(23)26/h5-18,20H,19H2,1-4H3/q+1. The van der Waals surface area contributed by atoms with Crippen LogP contribution >= 0.6 is 11.8 Å². The Morgan fingerprint density at radius 2 is 1.62 bits per heavy atom. The first-order valence-corrected chi connectivity index (χ1v) is 12.0. The smallest absolute Gasteiger partial charge is 0.212 e. The van der Waals surface area contributed by atoms with Crippen LogP contribution in [0.2, 0.25) is 0 Å². The number of thioether (sulfide) groups is 1. The highest BCUT2D eigenvalue weighted by Gasteiger charge is 2.27. The molecule has 0 fully saturated rings. The van der Waals surface area contributed by atoms with Crippen LogP contribution in [0.3, 0.4) is 0 Å². The molecule has 32 heavy (non-hydrogen) atoms. The highest BCUT2D eigenvalue weighted by molar-refractivity contribution is 8.04. The number of anilines is 1. The van der Waals surface area contributed by atoms with Gasteiger partial charge < -0.3 is 4.90 Å². The van der Waals surface area contributed by atoms with Crippen LogP contribution in [0.5, 0.6) is 0 Å². The lowest BCUT2D eigenvalue weighted by Crippen LogP contribution is -2.28. The van der Waals surface area contributed by atoms with Crippen molar-refractivity contribution in [2.24, 2.45) is 7.05 Å². The third-order valence-corrected chi connectivity index (χ3v) is 7.67. The lowest BCUT2D eigenvalue weighted by molar-refractivity contribution is -0.644. The zero-order chi connectivity index (χ0) is 22.2. The van der Waals surface area contributed by atoms with Crippen molar-refractivity contribution in [3.05, 3.63) is 107 Å². The molecule has 0 amide bonds. The van der Waals surface area contributed by atoms with E-state index in [0.717, 1.165) is 6.42 Å². The van der Waals surface area contributed by atoms with Crippen molar-refractivity contribution in [2.75, 3.05) is 11.9 Å². The van der Waals surface area contributed by atoms with Crippen LogP contribution in [-0.4, -0.2) is 7.05 Å². The van der Waals surface area contributed by atoms with Gasteiger partial charge in [0.2, 0.25) is 5.52 Å². The van der Waals surface area contributed by atoms with E-state index in [4.69, 9.17) is 0 Å². The maximum absolute atomic E-state index is 2.36. The van der Waals surface area contributed by atoms with Crippen LogP contribution in [0.15, 0.2) is 95.0 Å². The Morgan fingerprint density at radius 1 is 0.906 bits per heavy atom. The fourth-order valence-corrected chi connectivity index (χ4v) is 5.71. The molecule has 1 aliphatic heterocycles. The predicted octanol–water partition coefficient (Wildman–Crippen LogP) is 6.94. The molecule has 0 bridgehead atoms. The Labute approximate surface area is 195 Å². The van der Waals surface area contributed by atoms with Gasteiger partial charge in [0.1, 0.15) is 7.05 Å². The summed E-state index contributed by atoms with van der Waals surface area (Å²) in [6.07, 6.45) is 3.09. The molecule has 2 nitrogen and oxygen atoms in total. The molecule has 1 aliphatic rings. The molecule has 0 atom stereocenters. The van der Waals surface area contributed by atoms with E-state index in [9.17, 15) is 0 Å². The summed E-state index contributed by atoms with van der Waals surface area (Å²) in [7, 11) is 4.32. The summed E-state index contributed by atoms with van der Waals surface area (Å²) in [5, 5.41) is 2.61. The molecule has 0 N–H and O–H groups in total. The summed E-state index contributed by atoms with van der Waals surface area (Å²) in [6, 6.07) is 28.9. The number of nitrogens with zero attached hydrogens (tertiary/aromatic N) is 2. The Kier molecular flexibility index (Phi) is 5.52. The first-order valence-electron chi connectivity index (χ1n) is 11.2. The van der Waals surface area contributed by atoms with Crippen molar-refractivity contribution < 1.29 is 4.57 Å². The van der Waals surface area contributed by atoms with Gasteiger partial charge in [0.15, 0.2) is 6.20 Å². The van der Waals surface area contributed by atoms with E-state index in [1.807, 2.05) is 11.8 Å². The van der Waals surface area contributed by atoms with Gasteiger partial charge in [0, 0.05) is 36.1 Å². The van der Waals surface area contributed by atoms with Crippen molar-refractivity contribution in [3.63, 3.8) is 0 Å².